The number of carbonyl (C=O) groups excluding carboxylic acids is 1. The Morgan fingerprint density at radius 2 is 2.29 bits per heavy atom. The molecule has 0 aromatic carbocycles. The van der Waals surface area contributed by atoms with E-state index in [9.17, 15) is 4.79 Å². The van der Waals surface area contributed by atoms with Gasteiger partial charge < -0.3 is 14.6 Å². The lowest BCUT2D eigenvalue weighted by Gasteiger charge is -2.26. The molecule has 1 saturated heterocycles. The van der Waals surface area contributed by atoms with E-state index in [1.54, 1.807) is 6.20 Å². The van der Waals surface area contributed by atoms with Crippen LogP contribution in [0.5, 0.6) is 0 Å². The molecule has 1 aromatic heterocycles. The van der Waals surface area contributed by atoms with Gasteiger partial charge in [-0.15, -0.1) is 0 Å². The van der Waals surface area contributed by atoms with Gasteiger partial charge in [-0.3, -0.25) is 4.79 Å². The molecule has 76 valence electrons. The maximum atomic E-state index is 11.0. The first-order valence-electron chi connectivity index (χ1n) is 4.66. The minimum absolute atomic E-state index is 0.0375. The fourth-order valence-electron chi connectivity index (χ4n) is 1.46. The number of hydrogen-bond donors (Lipinski definition) is 1. The van der Waals surface area contributed by atoms with Crippen LogP contribution in [-0.4, -0.2) is 42.1 Å². The van der Waals surface area contributed by atoms with Crippen LogP contribution in [-0.2, 0) is 4.74 Å². The number of ether oxygens (including phenoxy) is 1. The standard InChI is InChI=1S/C9H13N3O2/c1-7(13)9-10-6-8(11-9)12-2-4-14-5-3-12/h6H,2-5H2,1H3,(H,10,11). The number of aromatic amines is 1. The Bertz CT molecular complexity index is 329. The summed E-state index contributed by atoms with van der Waals surface area (Å²) < 4.78 is 5.23. The summed E-state index contributed by atoms with van der Waals surface area (Å²) in [7, 11) is 0. The topological polar surface area (TPSA) is 58.2 Å². The molecular formula is C9H13N3O2. The molecule has 0 amide bonds. The van der Waals surface area contributed by atoms with Crippen molar-refractivity contribution in [3.63, 3.8) is 0 Å². The summed E-state index contributed by atoms with van der Waals surface area (Å²) in [5.41, 5.74) is 0. The van der Waals surface area contributed by atoms with Crippen LogP contribution in [0.1, 0.15) is 17.5 Å². The summed E-state index contributed by atoms with van der Waals surface area (Å²) in [4.78, 5) is 20.1. The number of hydrogen-bond acceptors (Lipinski definition) is 4. The zero-order chi connectivity index (χ0) is 9.97. The van der Waals surface area contributed by atoms with Gasteiger partial charge in [-0.25, -0.2) is 4.98 Å². The summed E-state index contributed by atoms with van der Waals surface area (Å²) in [6, 6.07) is 0. The molecular weight excluding hydrogens is 182 g/mol. The van der Waals surface area contributed by atoms with E-state index in [4.69, 9.17) is 4.74 Å². The smallest absolute Gasteiger partial charge is 0.195 e. The number of H-pyrrole nitrogens is 1. The minimum Gasteiger partial charge on any atom is -0.378 e. The molecule has 14 heavy (non-hydrogen) atoms. The van der Waals surface area contributed by atoms with Crippen molar-refractivity contribution < 1.29 is 9.53 Å². The number of aromatic nitrogens is 2. The Hall–Kier alpha value is -1.36. The molecule has 0 aliphatic carbocycles. The largest absolute Gasteiger partial charge is 0.378 e. The van der Waals surface area contributed by atoms with Gasteiger partial charge in [0, 0.05) is 20.0 Å². The van der Waals surface area contributed by atoms with Crippen LogP contribution < -0.4 is 4.90 Å². The summed E-state index contributed by atoms with van der Waals surface area (Å²) in [6.45, 7) is 4.66. The zero-order valence-electron chi connectivity index (χ0n) is 8.12. The number of carbonyl (C=O) groups is 1. The average Bonchev–Trinajstić information content (AvgIpc) is 2.68. The summed E-state index contributed by atoms with van der Waals surface area (Å²) >= 11 is 0. The molecule has 2 rings (SSSR count). The molecule has 0 radical (unpaired) electrons. The van der Waals surface area contributed by atoms with Crippen LogP contribution in [0.25, 0.3) is 0 Å². The summed E-state index contributed by atoms with van der Waals surface area (Å²) in [5.74, 6) is 1.29. The highest BCUT2D eigenvalue weighted by atomic mass is 16.5. The number of anilines is 1. The van der Waals surface area contributed by atoms with E-state index in [0.717, 1.165) is 32.1 Å². The van der Waals surface area contributed by atoms with E-state index in [2.05, 4.69) is 14.9 Å². The lowest BCUT2D eigenvalue weighted by molar-refractivity contribution is 0.100. The number of Topliss-reactive ketones (excluding diaryl/α,β-unsaturated/α-hetero) is 1. The third-order valence-corrected chi connectivity index (χ3v) is 2.25. The molecule has 5 nitrogen and oxygen atoms in total. The van der Waals surface area contributed by atoms with E-state index < -0.39 is 0 Å². The molecule has 5 heteroatoms. The molecule has 0 bridgehead atoms. The van der Waals surface area contributed by atoms with Crippen molar-refractivity contribution in [1.29, 1.82) is 0 Å². The van der Waals surface area contributed by atoms with Gasteiger partial charge in [-0.05, 0) is 0 Å². The maximum absolute atomic E-state index is 11.0. The van der Waals surface area contributed by atoms with Crippen molar-refractivity contribution in [2.24, 2.45) is 0 Å². The predicted molar refractivity (Wildman–Crippen MR) is 51.6 cm³/mol. The maximum Gasteiger partial charge on any atom is 0.195 e. The van der Waals surface area contributed by atoms with Crippen LogP contribution in [0.4, 0.5) is 5.82 Å². The van der Waals surface area contributed by atoms with E-state index in [0.29, 0.717) is 5.82 Å². The number of ketones is 1. The lowest BCUT2D eigenvalue weighted by atomic mass is 10.4. The third kappa shape index (κ3) is 1.77. The van der Waals surface area contributed by atoms with Gasteiger partial charge in [0.2, 0.25) is 0 Å². The van der Waals surface area contributed by atoms with E-state index in [-0.39, 0.29) is 5.78 Å². The second-order valence-electron chi connectivity index (χ2n) is 3.27. The van der Waals surface area contributed by atoms with Gasteiger partial charge in [-0.2, -0.15) is 0 Å². The molecule has 0 unspecified atom stereocenters. The average molecular weight is 195 g/mol. The van der Waals surface area contributed by atoms with Crippen molar-refractivity contribution in [3.05, 3.63) is 12.0 Å². The first-order chi connectivity index (χ1) is 6.77. The second kappa shape index (κ2) is 3.79. The molecule has 1 fully saturated rings. The van der Waals surface area contributed by atoms with Crippen molar-refractivity contribution in [2.45, 2.75) is 6.92 Å². The highest BCUT2D eigenvalue weighted by molar-refractivity contribution is 5.90. The van der Waals surface area contributed by atoms with Gasteiger partial charge in [-0.1, -0.05) is 0 Å². The highest BCUT2D eigenvalue weighted by Gasteiger charge is 2.14. The Morgan fingerprint density at radius 3 is 2.86 bits per heavy atom. The number of imidazole rings is 1. The lowest BCUT2D eigenvalue weighted by Crippen LogP contribution is -2.36. The fourth-order valence-corrected chi connectivity index (χ4v) is 1.46. The van der Waals surface area contributed by atoms with Gasteiger partial charge in [0.1, 0.15) is 5.82 Å². The molecule has 1 N–H and O–H groups in total. The van der Waals surface area contributed by atoms with E-state index in [1.165, 1.54) is 6.92 Å². The van der Waals surface area contributed by atoms with E-state index >= 15 is 0 Å². The van der Waals surface area contributed by atoms with Crippen LogP contribution in [0, 0.1) is 0 Å². The van der Waals surface area contributed by atoms with Gasteiger partial charge in [0.05, 0.1) is 19.4 Å². The second-order valence-corrected chi connectivity index (χ2v) is 3.27. The molecule has 0 saturated carbocycles. The van der Waals surface area contributed by atoms with Crippen molar-refractivity contribution in [2.75, 3.05) is 31.2 Å². The molecule has 1 aromatic rings. The van der Waals surface area contributed by atoms with Crippen LogP contribution in [0.3, 0.4) is 0 Å². The van der Waals surface area contributed by atoms with Crippen molar-refractivity contribution in [3.8, 4) is 0 Å². The quantitative estimate of drug-likeness (QED) is 0.696. The molecule has 1 aliphatic heterocycles. The Kier molecular flexibility index (Phi) is 2.49. The summed E-state index contributed by atoms with van der Waals surface area (Å²) in [5, 5.41) is 0. The van der Waals surface area contributed by atoms with Gasteiger partial charge >= 0.3 is 0 Å². The number of rotatable bonds is 2. The Morgan fingerprint density at radius 1 is 1.57 bits per heavy atom. The van der Waals surface area contributed by atoms with Crippen molar-refractivity contribution >= 4 is 11.6 Å². The SMILES string of the molecule is CC(=O)c1ncc(N2CCOCC2)[nH]1. The number of nitrogens with one attached hydrogen (secondary N) is 1. The predicted octanol–water partition coefficient (Wildman–Crippen LogP) is 0.449. The number of nitrogens with zero attached hydrogens (tertiary/aromatic N) is 2. The zero-order valence-corrected chi connectivity index (χ0v) is 8.12. The van der Waals surface area contributed by atoms with Crippen molar-refractivity contribution in [1.82, 2.24) is 9.97 Å². The Balaban J connectivity index is 2.11. The highest BCUT2D eigenvalue weighted by Crippen LogP contribution is 2.12. The fraction of sp³-hybridized carbons (Fsp3) is 0.556. The molecule has 0 atom stereocenters. The van der Waals surface area contributed by atoms with Crippen LogP contribution >= 0.6 is 0 Å². The first kappa shape index (κ1) is 9.21. The number of morpholine rings is 1. The molecule has 2 heterocycles. The van der Waals surface area contributed by atoms with Crippen LogP contribution in [0.15, 0.2) is 6.20 Å². The van der Waals surface area contributed by atoms with Gasteiger partial charge in [0.25, 0.3) is 0 Å². The monoisotopic (exact) mass is 195 g/mol. The van der Waals surface area contributed by atoms with Crippen LogP contribution in [0.2, 0.25) is 0 Å². The minimum atomic E-state index is -0.0375. The summed E-state index contributed by atoms with van der Waals surface area (Å²) in [6.07, 6.45) is 1.70. The molecule has 1 aliphatic rings. The Labute approximate surface area is 82.1 Å². The van der Waals surface area contributed by atoms with Gasteiger partial charge in [0.15, 0.2) is 11.6 Å². The molecule has 0 spiro atoms. The third-order valence-electron chi connectivity index (χ3n) is 2.25. The van der Waals surface area contributed by atoms with E-state index in [1.807, 2.05) is 0 Å². The first-order valence-corrected chi connectivity index (χ1v) is 4.66. The normalized spacial score (nSPS) is 17.1.